The third-order valence-electron chi connectivity index (χ3n) is 4.67. The van der Waals surface area contributed by atoms with Crippen LogP contribution in [0.4, 0.5) is 0 Å². The Morgan fingerprint density at radius 2 is 1.87 bits per heavy atom. The van der Waals surface area contributed by atoms with E-state index in [1.165, 1.54) is 0 Å². The van der Waals surface area contributed by atoms with E-state index >= 15 is 0 Å². The van der Waals surface area contributed by atoms with Gasteiger partial charge in [-0.3, -0.25) is 0 Å². The predicted octanol–water partition coefficient (Wildman–Crippen LogP) is 6.22. The number of nitriles is 1. The molecule has 0 amide bonds. The minimum atomic E-state index is 0.194. The van der Waals surface area contributed by atoms with Gasteiger partial charge in [0.1, 0.15) is 6.61 Å². The SMILES string of the molecule is CCOc1cc(/C=C(/C#N)c2ccc3c(c2)OCO3)cc(Br)c1OCc1ccccc1. The third-order valence-corrected chi connectivity index (χ3v) is 5.26. The second-order valence-electron chi connectivity index (χ2n) is 6.78. The predicted molar refractivity (Wildman–Crippen MR) is 122 cm³/mol. The lowest BCUT2D eigenvalue weighted by molar-refractivity contribution is 0.174. The molecule has 0 saturated carbocycles. The van der Waals surface area contributed by atoms with Crippen molar-refractivity contribution >= 4 is 27.6 Å². The van der Waals surface area contributed by atoms with Crippen LogP contribution in [0.2, 0.25) is 0 Å². The van der Waals surface area contributed by atoms with E-state index in [9.17, 15) is 5.26 Å². The van der Waals surface area contributed by atoms with Gasteiger partial charge in [-0.1, -0.05) is 30.3 Å². The van der Waals surface area contributed by atoms with Gasteiger partial charge in [0.05, 0.1) is 22.7 Å². The molecule has 0 N–H and O–H groups in total. The Morgan fingerprint density at radius 1 is 1.06 bits per heavy atom. The first-order chi connectivity index (χ1) is 15.2. The summed E-state index contributed by atoms with van der Waals surface area (Å²) in [6, 6.07) is 21.5. The van der Waals surface area contributed by atoms with Crippen LogP contribution in [0.1, 0.15) is 23.6 Å². The minimum absolute atomic E-state index is 0.194. The molecular formula is C25H20BrNO4. The smallest absolute Gasteiger partial charge is 0.231 e. The molecule has 6 heteroatoms. The maximum Gasteiger partial charge on any atom is 0.231 e. The van der Waals surface area contributed by atoms with Crippen molar-refractivity contribution in [3.05, 3.63) is 81.8 Å². The number of halogens is 1. The number of hydrogen-bond acceptors (Lipinski definition) is 5. The fourth-order valence-electron chi connectivity index (χ4n) is 3.21. The molecule has 3 aromatic rings. The van der Waals surface area contributed by atoms with Crippen LogP contribution in [-0.4, -0.2) is 13.4 Å². The highest BCUT2D eigenvalue weighted by Gasteiger charge is 2.16. The van der Waals surface area contributed by atoms with E-state index in [-0.39, 0.29) is 6.79 Å². The zero-order valence-corrected chi connectivity index (χ0v) is 18.5. The van der Waals surface area contributed by atoms with Crippen molar-refractivity contribution in [2.24, 2.45) is 0 Å². The van der Waals surface area contributed by atoms with E-state index in [0.717, 1.165) is 21.2 Å². The Labute approximate surface area is 189 Å². The number of rotatable bonds is 7. The minimum Gasteiger partial charge on any atom is -0.490 e. The van der Waals surface area contributed by atoms with Crippen molar-refractivity contribution < 1.29 is 18.9 Å². The third kappa shape index (κ3) is 4.84. The van der Waals surface area contributed by atoms with Gasteiger partial charge in [0.15, 0.2) is 23.0 Å². The van der Waals surface area contributed by atoms with Crippen LogP contribution in [0.15, 0.2) is 65.1 Å². The number of fused-ring (bicyclic) bond motifs is 1. The van der Waals surface area contributed by atoms with Crippen LogP contribution in [-0.2, 0) is 6.61 Å². The fraction of sp³-hybridized carbons (Fsp3) is 0.160. The van der Waals surface area contributed by atoms with Gasteiger partial charge in [-0.05, 0) is 76.0 Å². The highest BCUT2D eigenvalue weighted by molar-refractivity contribution is 9.10. The molecule has 1 aliphatic rings. The van der Waals surface area contributed by atoms with Crippen LogP contribution >= 0.6 is 15.9 Å². The monoisotopic (exact) mass is 477 g/mol. The van der Waals surface area contributed by atoms with E-state index in [1.54, 1.807) is 0 Å². The molecule has 0 aliphatic carbocycles. The second kappa shape index (κ2) is 9.59. The molecule has 0 atom stereocenters. The summed E-state index contributed by atoms with van der Waals surface area (Å²) >= 11 is 3.60. The normalized spacial score (nSPS) is 12.4. The lowest BCUT2D eigenvalue weighted by Crippen LogP contribution is -2.01. The Hall–Kier alpha value is -3.43. The van der Waals surface area contributed by atoms with Crippen LogP contribution in [0.5, 0.6) is 23.0 Å². The molecule has 4 rings (SSSR count). The highest BCUT2D eigenvalue weighted by Crippen LogP contribution is 2.39. The van der Waals surface area contributed by atoms with Gasteiger partial charge in [0, 0.05) is 0 Å². The van der Waals surface area contributed by atoms with Crippen molar-refractivity contribution in [1.82, 2.24) is 0 Å². The average molecular weight is 478 g/mol. The first-order valence-corrected chi connectivity index (χ1v) is 10.6. The molecule has 0 radical (unpaired) electrons. The van der Waals surface area contributed by atoms with Gasteiger partial charge < -0.3 is 18.9 Å². The summed E-state index contributed by atoms with van der Waals surface area (Å²) in [6.45, 7) is 3.04. The number of hydrogen-bond donors (Lipinski definition) is 0. The number of benzene rings is 3. The molecule has 3 aromatic carbocycles. The van der Waals surface area contributed by atoms with E-state index < -0.39 is 0 Å². The van der Waals surface area contributed by atoms with Gasteiger partial charge in [0.25, 0.3) is 0 Å². The second-order valence-corrected chi connectivity index (χ2v) is 7.63. The first kappa shape index (κ1) is 20.8. The van der Waals surface area contributed by atoms with Crippen molar-refractivity contribution in [2.45, 2.75) is 13.5 Å². The number of ether oxygens (including phenoxy) is 4. The van der Waals surface area contributed by atoms with Crippen LogP contribution < -0.4 is 18.9 Å². The summed E-state index contributed by atoms with van der Waals surface area (Å²) in [6.07, 6.45) is 1.81. The quantitative estimate of drug-likeness (QED) is 0.298. The highest BCUT2D eigenvalue weighted by atomic mass is 79.9. The van der Waals surface area contributed by atoms with Gasteiger partial charge >= 0.3 is 0 Å². The van der Waals surface area contributed by atoms with E-state index in [1.807, 2.05) is 73.7 Å². The van der Waals surface area contributed by atoms with Crippen molar-refractivity contribution in [3.8, 4) is 29.1 Å². The van der Waals surface area contributed by atoms with Crippen LogP contribution in [0.25, 0.3) is 11.6 Å². The summed E-state index contributed by atoms with van der Waals surface area (Å²) in [5, 5.41) is 9.74. The Bertz CT molecular complexity index is 1150. The van der Waals surface area contributed by atoms with Crippen molar-refractivity contribution in [3.63, 3.8) is 0 Å². The molecule has 0 unspecified atom stereocenters. The number of allylic oxidation sites excluding steroid dienone is 1. The lowest BCUT2D eigenvalue weighted by atomic mass is 10.0. The van der Waals surface area contributed by atoms with Gasteiger partial charge in [-0.15, -0.1) is 0 Å². The first-order valence-electron chi connectivity index (χ1n) is 9.83. The molecule has 0 aromatic heterocycles. The van der Waals surface area contributed by atoms with Crippen molar-refractivity contribution in [1.29, 1.82) is 5.26 Å². The molecule has 0 saturated heterocycles. The topological polar surface area (TPSA) is 60.7 Å². The summed E-state index contributed by atoms with van der Waals surface area (Å²) in [4.78, 5) is 0. The molecule has 1 heterocycles. The average Bonchev–Trinajstić information content (AvgIpc) is 3.26. The molecule has 1 aliphatic heterocycles. The van der Waals surface area contributed by atoms with E-state index in [4.69, 9.17) is 18.9 Å². The molecule has 0 spiro atoms. The largest absolute Gasteiger partial charge is 0.490 e. The Kier molecular flexibility index (Phi) is 6.44. The molecule has 0 bridgehead atoms. The molecule has 0 fully saturated rings. The summed E-state index contributed by atoms with van der Waals surface area (Å²) in [7, 11) is 0. The van der Waals surface area contributed by atoms with Gasteiger partial charge in [-0.2, -0.15) is 5.26 Å². The number of nitrogens with zero attached hydrogens (tertiary/aromatic N) is 1. The molecule has 5 nitrogen and oxygen atoms in total. The molecular weight excluding hydrogens is 458 g/mol. The summed E-state index contributed by atoms with van der Waals surface area (Å²) < 4.78 is 23.4. The Morgan fingerprint density at radius 3 is 2.65 bits per heavy atom. The molecule has 31 heavy (non-hydrogen) atoms. The summed E-state index contributed by atoms with van der Waals surface area (Å²) in [5.41, 5.74) is 3.14. The standard InChI is InChI=1S/C25H20BrNO4/c1-2-28-24-12-18(11-21(26)25(24)29-15-17-6-4-3-5-7-17)10-20(14-27)19-8-9-22-23(13-19)31-16-30-22/h3-13H,2,15-16H2,1H3/b20-10-. The van der Waals surface area contributed by atoms with Crippen molar-refractivity contribution in [2.75, 3.05) is 13.4 Å². The zero-order chi connectivity index (χ0) is 21.6. The summed E-state index contributed by atoms with van der Waals surface area (Å²) in [5.74, 6) is 2.56. The Balaban J connectivity index is 1.64. The van der Waals surface area contributed by atoms with E-state index in [0.29, 0.717) is 41.8 Å². The van der Waals surface area contributed by atoms with E-state index in [2.05, 4.69) is 22.0 Å². The zero-order valence-electron chi connectivity index (χ0n) is 16.9. The maximum atomic E-state index is 9.74. The fourth-order valence-corrected chi connectivity index (χ4v) is 3.79. The van der Waals surface area contributed by atoms with Crippen LogP contribution in [0.3, 0.4) is 0 Å². The lowest BCUT2D eigenvalue weighted by Gasteiger charge is -2.15. The maximum absolute atomic E-state index is 9.74. The van der Waals surface area contributed by atoms with Crippen LogP contribution in [0, 0.1) is 11.3 Å². The van der Waals surface area contributed by atoms with Gasteiger partial charge in [-0.25, -0.2) is 0 Å². The molecule has 156 valence electrons. The van der Waals surface area contributed by atoms with Gasteiger partial charge in [0.2, 0.25) is 6.79 Å².